The summed E-state index contributed by atoms with van der Waals surface area (Å²) < 4.78 is 27.6. The van der Waals surface area contributed by atoms with Gasteiger partial charge in [0, 0.05) is 12.1 Å². The molecular formula is C9H11NO7S. The van der Waals surface area contributed by atoms with Gasteiger partial charge in [-0.25, -0.2) is 0 Å². The molecule has 0 fully saturated rings. The summed E-state index contributed by atoms with van der Waals surface area (Å²) in [5.74, 6) is 0. The molecule has 0 saturated carbocycles. The Bertz CT molecular complexity index is 510. The van der Waals surface area contributed by atoms with Gasteiger partial charge in [-0.2, -0.15) is 8.42 Å². The van der Waals surface area contributed by atoms with Crippen molar-refractivity contribution in [2.45, 2.75) is 11.0 Å². The molecule has 18 heavy (non-hydrogen) atoms. The third-order valence-electron chi connectivity index (χ3n) is 1.96. The number of hydrogen-bond donors (Lipinski definition) is 2. The molecule has 9 heteroatoms. The van der Waals surface area contributed by atoms with E-state index in [0.717, 1.165) is 24.3 Å². The SMILES string of the molecule is O=[N+]([O-])c1ccc(S(=O)(=O)OCC(O)CO)cc1. The van der Waals surface area contributed by atoms with Crippen LogP contribution in [0.5, 0.6) is 0 Å². The average Bonchev–Trinajstić information content (AvgIpc) is 2.36. The van der Waals surface area contributed by atoms with Gasteiger partial charge in [0.2, 0.25) is 0 Å². The fourth-order valence-corrected chi connectivity index (χ4v) is 1.97. The van der Waals surface area contributed by atoms with E-state index < -0.39 is 34.4 Å². The van der Waals surface area contributed by atoms with Crippen LogP contribution >= 0.6 is 0 Å². The number of nitro benzene ring substituents is 1. The molecule has 1 aromatic carbocycles. The molecule has 0 amide bonds. The predicted octanol–water partition coefficient (Wildman–Crippen LogP) is -0.347. The molecule has 2 N–H and O–H groups in total. The molecule has 0 aliphatic carbocycles. The second kappa shape index (κ2) is 5.87. The van der Waals surface area contributed by atoms with Crippen molar-refractivity contribution >= 4 is 15.8 Å². The maximum Gasteiger partial charge on any atom is 0.297 e. The summed E-state index contributed by atoms with van der Waals surface area (Å²) in [4.78, 5) is 9.45. The third kappa shape index (κ3) is 3.74. The highest BCUT2D eigenvalue weighted by Gasteiger charge is 2.18. The van der Waals surface area contributed by atoms with E-state index in [1.165, 1.54) is 0 Å². The smallest absolute Gasteiger partial charge is 0.297 e. The van der Waals surface area contributed by atoms with Crippen LogP contribution in [0.15, 0.2) is 29.2 Å². The Balaban J connectivity index is 2.82. The lowest BCUT2D eigenvalue weighted by Crippen LogP contribution is -2.22. The zero-order chi connectivity index (χ0) is 13.8. The molecule has 1 aromatic rings. The monoisotopic (exact) mass is 277 g/mol. The summed E-state index contributed by atoms with van der Waals surface area (Å²) in [5.41, 5.74) is -0.246. The van der Waals surface area contributed by atoms with E-state index in [1.807, 2.05) is 0 Å². The number of benzene rings is 1. The highest BCUT2D eigenvalue weighted by molar-refractivity contribution is 7.86. The minimum atomic E-state index is -4.10. The van der Waals surface area contributed by atoms with Crippen LogP contribution < -0.4 is 0 Å². The maximum absolute atomic E-state index is 11.5. The molecule has 0 spiro atoms. The lowest BCUT2D eigenvalue weighted by Gasteiger charge is -2.08. The zero-order valence-corrected chi connectivity index (χ0v) is 9.91. The Hall–Kier alpha value is -1.55. The van der Waals surface area contributed by atoms with Crippen molar-refractivity contribution in [2.24, 2.45) is 0 Å². The number of aliphatic hydroxyl groups excluding tert-OH is 2. The number of nitro groups is 1. The van der Waals surface area contributed by atoms with Crippen LogP contribution in [0.3, 0.4) is 0 Å². The molecule has 0 heterocycles. The van der Waals surface area contributed by atoms with Gasteiger partial charge in [-0.3, -0.25) is 14.3 Å². The lowest BCUT2D eigenvalue weighted by atomic mass is 10.3. The van der Waals surface area contributed by atoms with Crippen molar-refractivity contribution < 1.29 is 27.7 Å². The van der Waals surface area contributed by atoms with Crippen LogP contribution in [0.2, 0.25) is 0 Å². The van der Waals surface area contributed by atoms with E-state index in [2.05, 4.69) is 4.18 Å². The summed E-state index contributed by atoms with van der Waals surface area (Å²) in [6.07, 6.45) is -1.31. The van der Waals surface area contributed by atoms with Crippen LogP contribution in [0.25, 0.3) is 0 Å². The Morgan fingerprint density at radius 3 is 2.33 bits per heavy atom. The molecular weight excluding hydrogens is 266 g/mol. The predicted molar refractivity (Wildman–Crippen MR) is 59.3 cm³/mol. The number of rotatable bonds is 6. The first kappa shape index (κ1) is 14.5. The molecule has 0 aliphatic heterocycles. The van der Waals surface area contributed by atoms with Gasteiger partial charge in [0.25, 0.3) is 15.8 Å². The zero-order valence-electron chi connectivity index (χ0n) is 9.09. The standard InChI is InChI=1S/C9H11NO7S/c11-5-8(12)6-17-18(15,16)9-3-1-7(2-4-9)10(13)14/h1-4,8,11-12H,5-6H2. The van der Waals surface area contributed by atoms with Crippen molar-refractivity contribution in [1.29, 1.82) is 0 Å². The Labute approximate surface area is 103 Å². The Morgan fingerprint density at radius 2 is 1.89 bits per heavy atom. The highest BCUT2D eigenvalue weighted by atomic mass is 32.2. The Morgan fingerprint density at radius 1 is 1.33 bits per heavy atom. The molecule has 8 nitrogen and oxygen atoms in total. The van der Waals surface area contributed by atoms with Crippen molar-refractivity contribution in [1.82, 2.24) is 0 Å². The van der Waals surface area contributed by atoms with Crippen LogP contribution in [-0.2, 0) is 14.3 Å². The number of non-ortho nitro benzene ring substituents is 1. The summed E-state index contributed by atoms with van der Waals surface area (Å²) >= 11 is 0. The van der Waals surface area contributed by atoms with Crippen molar-refractivity contribution in [3.05, 3.63) is 34.4 Å². The quantitative estimate of drug-likeness (QED) is 0.413. The van der Waals surface area contributed by atoms with Gasteiger partial charge >= 0.3 is 0 Å². The number of nitrogens with zero attached hydrogens (tertiary/aromatic N) is 1. The minimum absolute atomic E-state index is 0.246. The van der Waals surface area contributed by atoms with E-state index in [1.54, 1.807) is 0 Å². The summed E-state index contributed by atoms with van der Waals surface area (Å²) in [6, 6.07) is 4.11. The fourth-order valence-electron chi connectivity index (χ4n) is 1.02. The van der Waals surface area contributed by atoms with Crippen LogP contribution in [0.4, 0.5) is 5.69 Å². The summed E-state index contributed by atoms with van der Waals surface area (Å²) in [6.45, 7) is -1.22. The van der Waals surface area contributed by atoms with E-state index in [9.17, 15) is 18.5 Å². The molecule has 1 rings (SSSR count). The number of aliphatic hydroxyl groups is 2. The van der Waals surface area contributed by atoms with E-state index >= 15 is 0 Å². The van der Waals surface area contributed by atoms with E-state index in [4.69, 9.17) is 10.2 Å². The molecule has 1 unspecified atom stereocenters. The molecule has 0 saturated heterocycles. The molecule has 100 valence electrons. The second-order valence-electron chi connectivity index (χ2n) is 3.33. The van der Waals surface area contributed by atoms with Crippen molar-refractivity contribution in [3.63, 3.8) is 0 Å². The Kier molecular flexibility index (Phi) is 4.73. The highest BCUT2D eigenvalue weighted by Crippen LogP contribution is 2.17. The first-order valence-electron chi connectivity index (χ1n) is 4.79. The largest absolute Gasteiger partial charge is 0.394 e. The minimum Gasteiger partial charge on any atom is -0.394 e. The molecule has 0 aliphatic rings. The first-order chi connectivity index (χ1) is 8.36. The van der Waals surface area contributed by atoms with Crippen LogP contribution in [-0.4, -0.2) is 42.9 Å². The van der Waals surface area contributed by atoms with Gasteiger partial charge in [-0.1, -0.05) is 0 Å². The molecule has 0 radical (unpaired) electrons. The van der Waals surface area contributed by atoms with Gasteiger partial charge < -0.3 is 10.2 Å². The average molecular weight is 277 g/mol. The van der Waals surface area contributed by atoms with Gasteiger partial charge in [-0.05, 0) is 12.1 Å². The summed E-state index contributed by atoms with van der Waals surface area (Å²) in [5, 5.41) is 27.8. The normalized spacial score (nSPS) is 13.2. The molecule has 1 atom stereocenters. The van der Waals surface area contributed by atoms with Gasteiger partial charge in [0.1, 0.15) is 6.10 Å². The van der Waals surface area contributed by atoms with Gasteiger partial charge in [0.05, 0.1) is 23.0 Å². The molecule has 0 bridgehead atoms. The van der Waals surface area contributed by atoms with Crippen molar-refractivity contribution in [2.75, 3.05) is 13.2 Å². The van der Waals surface area contributed by atoms with Crippen LogP contribution in [0, 0.1) is 10.1 Å². The fraction of sp³-hybridized carbons (Fsp3) is 0.333. The lowest BCUT2D eigenvalue weighted by molar-refractivity contribution is -0.384. The molecule has 0 aromatic heterocycles. The maximum atomic E-state index is 11.5. The number of hydrogen-bond acceptors (Lipinski definition) is 7. The van der Waals surface area contributed by atoms with Gasteiger partial charge in [-0.15, -0.1) is 0 Å². The second-order valence-corrected chi connectivity index (χ2v) is 4.94. The van der Waals surface area contributed by atoms with E-state index in [-0.39, 0.29) is 10.6 Å². The van der Waals surface area contributed by atoms with Crippen molar-refractivity contribution in [3.8, 4) is 0 Å². The topological polar surface area (TPSA) is 127 Å². The van der Waals surface area contributed by atoms with E-state index in [0.29, 0.717) is 0 Å². The van der Waals surface area contributed by atoms with Crippen LogP contribution in [0.1, 0.15) is 0 Å². The summed E-state index contributed by atoms with van der Waals surface area (Å²) in [7, 11) is -4.10. The first-order valence-corrected chi connectivity index (χ1v) is 6.20. The van der Waals surface area contributed by atoms with Gasteiger partial charge in [0.15, 0.2) is 0 Å². The third-order valence-corrected chi connectivity index (χ3v) is 3.26.